The standard InChI is InChI=1S/C15H22N2O2/c1-11(18)13-9-12(5-6-14(13)16)17-10-15(19)7-3-2-4-8-15/h5-6,9,17,19H,2-4,7-8,10,16H2,1H3. The molecule has 19 heavy (non-hydrogen) atoms. The number of Topliss-reactive ketones (excluding diaryl/α,β-unsaturated/α-hetero) is 1. The van der Waals surface area contributed by atoms with Crippen molar-refractivity contribution in [1.82, 2.24) is 0 Å². The lowest BCUT2D eigenvalue weighted by molar-refractivity contribution is 0.0167. The minimum atomic E-state index is -0.615. The molecule has 104 valence electrons. The van der Waals surface area contributed by atoms with Crippen LogP contribution in [0.4, 0.5) is 11.4 Å². The lowest BCUT2D eigenvalue weighted by Gasteiger charge is -2.32. The Morgan fingerprint density at radius 2 is 2.05 bits per heavy atom. The maximum atomic E-state index is 11.4. The van der Waals surface area contributed by atoms with Crippen LogP contribution in [-0.4, -0.2) is 23.0 Å². The van der Waals surface area contributed by atoms with Crippen molar-refractivity contribution in [2.24, 2.45) is 0 Å². The average Bonchev–Trinajstić information content (AvgIpc) is 2.38. The quantitative estimate of drug-likeness (QED) is 0.576. The van der Waals surface area contributed by atoms with Gasteiger partial charge < -0.3 is 16.2 Å². The van der Waals surface area contributed by atoms with Crippen molar-refractivity contribution in [3.05, 3.63) is 23.8 Å². The highest BCUT2D eigenvalue weighted by Gasteiger charge is 2.28. The van der Waals surface area contributed by atoms with Gasteiger partial charge in [0.25, 0.3) is 0 Å². The van der Waals surface area contributed by atoms with Crippen LogP contribution in [0.3, 0.4) is 0 Å². The van der Waals surface area contributed by atoms with Crippen LogP contribution in [0, 0.1) is 0 Å². The zero-order chi connectivity index (χ0) is 13.9. The molecule has 1 fully saturated rings. The number of carbonyl (C=O) groups is 1. The van der Waals surface area contributed by atoms with Crippen molar-refractivity contribution in [2.45, 2.75) is 44.6 Å². The second-order valence-corrected chi connectivity index (χ2v) is 5.50. The number of nitrogens with two attached hydrogens (primary N) is 1. The lowest BCUT2D eigenvalue weighted by Crippen LogP contribution is -2.38. The summed E-state index contributed by atoms with van der Waals surface area (Å²) in [4.78, 5) is 11.4. The van der Waals surface area contributed by atoms with E-state index >= 15 is 0 Å². The summed E-state index contributed by atoms with van der Waals surface area (Å²) in [6.07, 6.45) is 5.05. The number of benzene rings is 1. The van der Waals surface area contributed by atoms with Crippen molar-refractivity contribution < 1.29 is 9.90 Å². The summed E-state index contributed by atoms with van der Waals surface area (Å²) < 4.78 is 0. The fourth-order valence-corrected chi connectivity index (χ4v) is 2.62. The van der Waals surface area contributed by atoms with E-state index in [1.165, 1.54) is 13.3 Å². The first-order valence-corrected chi connectivity index (χ1v) is 6.87. The summed E-state index contributed by atoms with van der Waals surface area (Å²) >= 11 is 0. The molecule has 0 aliphatic heterocycles. The molecule has 0 aromatic heterocycles. The summed E-state index contributed by atoms with van der Waals surface area (Å²) in [5.41, 5.74) is 7.00. The van der Waals surface area contributed by atoms with E-state index in [1.54, 1.807) is 12.1 Å². The van der Waals surface area contributed by atoms with Gasteiger partial charge in [-0.2, -0.15) is 0 Å². The number of carbonyl (C=O) groups excluding carboxylic acids is 1. The van der Waals surface area contributed by atoms with Crippen molar-refractivity contribution >= 4 is 17.2 Å². The Balaban J connectivity index is 2.03. The van der Waals surface area contributed by atoms with Gasteiger partial charge in [0, 0.05) is 23.5 Å². The molecule has 1 aromatic carbocycles. The monoisotopic (exact) mass is 262 g/mol. The topological polar surface area (TPSA) is 75.3 Å². The van der Waals surface area contributed by atoms with Gasteiger partial charge in [0.2, 0.25) is 0 Å². The number of hydrogen-bond donors (Lipinski definition) is 3. The molecule has 1 aliphatic rings. The van der Waals surface area contributed by atoms with E-state index in [0.29, 0.717) is 17.8 Å². The fraction of sp³-hybridized carbons (Fsp3) is 0.533. The van der Waals surface area contributed by atoms with Gasteiger partial charge >= 0.3 is 0 Å². The lowest BCUT2D eigenvalue weighted by atomic mass is 9.85. The Morgan fingerprint density at radius 1 is 1.37 bits per heavy atom. The highest BCUT2D eigenvalue weighted by molar-refractivity contribution is 6.00. The van der Waals surface area contributed by atoms with Gasteiger partial charge in [-0.05, 0) is 38.0 Å². The molecule has 0 unspecified atom stereocenters. The molecule has 0 heterocycles. The van der Waals surface area contributed by atoms with Crippen molar-refractivity contribution in [3.8, 4) is 0 Å². The summed E-state index contributed by atoms with van der Waals surface area (Å²) in [7, 11) is 0. The molecule has 0 saturated heterocycles. The van der Waals surface area contributed by atoms with Gasteiger partial charge in [-0.15, -0.1) is 0 Å². The maximum absolute atomic E-state index is 11.4. The SMILES string of the molecule is CC(=O)c1cc(NCC2(O)CCCCC2)ccc1N. The third kappa shape index (κ3) is 3.47. The molecule has 0 amide bonds. The number of anilines is 2. The van der Waals surface area contributed by atoms with Crippen LogP contribution in [0.15, 0.2) is 18.2 Å². The Morgan fingerprint density at radius 3 is 2.68 bits per heavy atom. The minimum Gasteiger partial charge on any atom is -0.398 e. The Kier molecular flexibility index (Phi) is 4.10. The molecule has 0 spiro atoms. The normalized spacial score (nSPS) is 18.0. The van der Waals surface area contributed by atoms with Gasteiger partial charge in [0.15, 0.2) is 5.78 Å². The van der Waals surface area contributed by atoms with Gasteiger partial charge in [-0.25, -0.2) is 0 Å². The second kappa shape index (κ2) is 5.61. The van der Waals surface area contributed by atoms with Crippen LogP contribution in [0.5, 0.6) is 0 Å². The van der Waals surface area contributed by atoms with Crippen LogP contribution in [0.2, 0.25) is 0 Å². The molecule has 1 aliphatic carbocycles. The summed E-state index contributed by atoms with van der Waals surface area (Å²) in [6, 6.07) is 5.32. The number of rotatable bonds is 4. The first-order chi connectivity index (χ1) is 9.00. The molecule has 4 heteroatoms. The van der Waals surface area contributed by atoms with E-state index in [2.05, 4.69) is 5.32 Å². The highest BCUT2D eigenvalue weighted by atomic mass is 16.3. The number of nitrogen functional groups attached to an aromatic ring is 1. The molecule has 1 saturated carbocycles. The fourth-order valence-electron chi connectivity index (χ4n) is 2.62. The molecule has 4 nitrogen and oxygen atoms in total. The molecule has 1 aromatic rings. The smallest absolute Gasteiger partial charge is 0.161 e. The van der Waals surface area contributed by atoms with Gasteiger partial charge in [0.05, 0.1) is 5.60 Å². The Bertz CT molecular complexity index is 465. The third-order valence-corrected chi connectivity index (χ3v) is 3.84. The van der Waals surface area contributed by atoms with Crippen molar-refractivity contribution in [1.29, 1.82) is 0 Å². The van der Waals surface area contributed by atoms with Gasteiger partial charge in [-0.1, -0.05) is 19.3 Å². The number of nitrogens with one attached hydrogen (secondary N) is 1. The van der Waals surface area contributed by atoms with Crippen LogP contribution in [0.1, 0.15) is 49.4 Å². The number of aliphatic hydroxyl groups is 1. The predicted octanol–water partition coefficient (Wildman–Crippen LogP) is 2.58. The van der Waals surface area contributed by atoms with E-state index in [1.807, 2.05) is 6.07 Å². The van der Waals surface area contributed by atoms with Crippen molar-refractivity contribution in [2.75, 3.05) is 17.6 Å². The molecule has 2 rings (SSSR count). The molecule has 0 atom stereocenters. The third-order valence-electron chi connectivity index (χ3n) is 3.84. The summed E-state index contributed by atoms with van der Waals surface area (Å²) in [5, 5.41) is 13.6. The van der Waals surface area contributed by atoms with E-state index in [-0.39, 0.29) is 5.78 Å². The largest absolute Gasteiger partial charge is 0.398 e. The Labute approximate surface area is 114 Å². The van der Waals surface area contributed by atoms with Gasteiger partial charge in [-0.3, -0.25) is 4.79 Å². The summed E-state index contributed by atoms with van der Waals surface area (Å²) in [5.74, 6) is -0.0440. The number of ketones is 1. The van der Waals surface area contributed by atoms with Crippen LogP contribution in [0.25, 0.3) is 0 Å². The van der Waals surface area contributed by atoms with Gasteiger partial charge in [0.1, 0.15) is 0 Å². The zero-order valence-corrected chi connectivity index (χ0v) is 11.4. The zero-order valence-electron chi connectivity index (χ0n) is 11.4. The van der Waals surface area contributed by atoms with E-state index < -0.39 is 5.60 Å². The molecular weight excluding hydrogens is 240 g/mol. The van der Waals surface area contributed by atoms with Crippen LogP contribution >= 0.6 is 0 Å². The average molecular weight is 262 g/mol. The number of hydrogen-bond acceptors (Lipinski definition) is 4. The molecular formula is C15H22N2O2. The predicted molar refractivity (Wildman–Crippen MR) is 77.4 cm³/mol. The van der Waals surface area contributed by atoms with E-state index in [0.717, 1.165) is 31.4 Å². The Hall–Kier alpha value is -1.55. The van der Waals surface area contributed by atoms with Crippen molar-refractivity contribution in [3.63, 3.8) is 0 Å². The first kappa shape index (κ1) is 13.9. The molecule has 0 radical (unpaired) electrons. The van der Waals surface area contributed by atoms with E-state index in [4.69, 9.17) is 5.73 Å². The summed E-state index contributed by atoms with van der Waals surface area (Å²) in [6.45, 7) is 2.03. The highest BCUT2D eigenvalue weighted by Crippen LogP contribution is 2.28. The van der Waals surface area contributed by atoms with Crippen LogP contribution in [-0.2, 0) is 0 Å². The van der Waals surface area contributed by atoms with E-state index in [9.17, 15) is 9.90 Å². The molecule has 4 N–H and O–H groups in total. The van der Waals surface area contributed by atoms with Crippen LogP contribution < -0.4 is 11.1 Å². The maximum Gasteiger partial charge on any atom is 0.161 e. The second-order valence-electron chi connectivity index (χ2n) is 5.50. The first-order valence-electron chi connectivity index (χ1n) is 6.87. The minimum absolute atomic E-state index is 0.0440. The molecule has 0 bridgehead atoms.